The molecule has 3 aromatic rings. The molecule has 0 radical (unpaired) electrons. The van der Waals surface area contributed by atoms with Crippen molar-refractivity contribution in [3.63, 3.8) is 0 Å². The maximum absolute atomic E-state index is 13.0. The fourth-order valence-electron chi connectivity index (χ4n) is 3.77. The molecular weight excluding hydrogens is 370 g/mol. The van der Waals surface area contributed by atoms with E-state index in [1.165, 1.54) is 4.57 Å². The lowest BCUT2D eigenvalue weighted by molar-refractivity contribution is -0.133. The minimum absolute atomic E-state index is 0.143. The summed E-state index contributed by atoms with van der Waals surface area (Å²) in [6.45, 7) is 5.48. The Morgan fingerprint density at radius 1 is 1.10 bits per heavy atom. The van der Waals surface area contributed by atoms with E-state index in [2.05, 4.69) is 17.0 Å². The van der Waals surface area contributed by atoms with Gasteiger partial charge in [0.05, 0.1) is 18.7 Å². The van der Waals surface area contributed by atoms with Gasteiger partial charge in [0.1, 0.15) is 6.04 Å². The number of hydrogen-bond acceptors (Lipinski definition) is 5. The summed E-state index contributed by atoms with van der Waals surface area (Å²) in [7, 11) is 1.75. The Balaban J connectivity index is 1.46. The first-order valence-electron chi connectivity index (χ1n) is 9.81. The fraction of sp³-hybridized carbons (Fsp3) is 0.364. The number of fused-ring (bicyclic) bond motifs is 1. The molecule has 1 fully saturated rings. The van der Waals surface area contributed by atoms with E-state index in [4.69, 9.17) is 9.15 Å². The van der Waals surface area contributed by atoms with Crippen molar-refractivity contribution in [2.45, 2.75) is 19.5 Å². The molecule has 4 rings (SSSR count). The summed E-state index contributed by atoms with van der Waals surface area (Å²) in [4.78, 5) is 29.2. The van der Waals surface area contributed by atoms with E-state index < -0.39 is 11.8 Å². The van der Waals surface area contributed by atoms with Gasteiger partial charge in [0, 0.05) is 32.4 Å². The predicted octanol–water partition coefficient (Wildman–Crippen LogP) is 2.65. The molecule has 7 heteroatoms. The molecule has 7 nitrogen and oxygen atoms in total. The van der Waals surface area contributed by atoms with E-state index in [1.54, 1.807) is 37.1 Å². The molecule has 2 heterocycles. The molecule has 0 aliphatic carbocycles. The normalized spacial score (nSPS) is 15.4. The van der Waals surface area contributed by atoms with Gasteiger partial charge < -0.3 is 19.0 Å². The molecular formula is C22H25N3O4. The SMILES string of the molecule is CC(C(=O)N(C)Cc1ccc(N2CCOCC2)cc1)n1c(=O)oc2ccccc21. The minimum Gasteiger partial charge on any atom is -0.408 e. The third-order valence-electron chi connectivity index (χ3n) is 5.37. The van der Waals surface area contributed by atoms with E-state index >= 15 is 0 Å². The smallest absolute Gasteiger partial charge is 0.408 e. The second-order valence-electron chi connectivity index (χ2n) is 7.34. The quantitative estimate of drug-likeness (QED) is 0.664. The average molecular weight is 395 g/mol. The number of carbonyl (C=O) groups is 1. The number of hydrogen-bond donors (Lipinski definition) is 0. The second kappa shape index (κ2) is 8.13. The standard InChI is InChI=1S/C22H25N3O4/c1-16(25-19-5-3-4-6-20(19)29-22(25)27)21(26)23(2)15-17-7-9-18(10-8-17)24-11-13-28-14-12-24/h3-10,16H,11-15H2,1-2H3. The number of rotatable bonds is 5. The van der Waals surface area contributed by atoms with Crippen molar-refractivity contribution in [2.24, 2.45) is 0 Å². The molecule has 1 aliphatic rings. The van der Waals surface area contributed by atoms with Crippen molar-refractivity contribution >= 4 is 22.7 Å². The molecule has 29 heavy (non-hydrogen) atoms. The van der Waals surface area contributed by atoms with Gasteiger partial charge in [-0.1, -0.05) is 24.3 Å². The topological polar surface area (TPSA) is 67.9 Å². The van der Waals surface area contributed by atoms with E-state index in [0.717, 1.165) is 37.6 Å². The molecule has 1 aromatic heterocycles. The molecule has 0 N–H and O–H groups in total. The maximum atomic E-state index is 13.0. The van der Waals surface area contributed by atoms with Crippen LogP contribution in [0.5, 0.6) is 0 Å². The lowest BCUT2D eigenvalue weighted by Gasteiger charge is -2.29. The van der Waals surface area contributed by atoms with E-state index in [-0.39, 0.29) is 5.91 Å². The third kappa shape index (κ3) is 3.91. The Morgan fingerprint density at radius 3 is 2.52 bits per heavy atom. The summed E-state index contributed by atoms with van der Waals surface area (Å²) in [5.74, 6) is -0.661. The van der Waals surface area contributed by atoms with E-state index in [9.17, 15) is 9.59 Å². The van der Waals surface area contributed by atoms with Crippen molar-refractivity contribution in [3.8, 4) is 0 Å². The van der Waals surface area contributed by atoms with Crippen LogP contribution in [-0.2, 0) is 16.1 Å². The first-order valence-corrected chi connectivity index (χ1v) is 9.81. The number of carbonyl (C=O) groups excluding carboxylic acids is 1. The highest BCUT2D eigenvalue weighted by Crippen LogP contribution is 2.20. The van der Waals surface area contributed by atoms with Crippen LogP contribution in [0.2, 0.25) is 0 Å². The summed E-state index contributed by atoms with van der Waals surface area (Å²) in [5.41, 5.74) is 3.31. The van der Waals surface area contributed by atoms with E-state index in [0.29, 0.717) is 17.6 Å². The number of benzene rings is 2. The van der Waals surface area contributed by atoms with Crippen LogP contribution in [0.1, 0.15) is 18.5 Å². The molecule has 152 valence electrons. The first kappa shape index (κ1) is 19.3. The number of nitrogens with zero attached hydrogens (tertiary/aromatic N) is 3. The molecule has 0 spiro atoms. The molecule has 0 bridgehead atoms. The third-order valence-corrected chi connectivity index (χ3v) is 5.37. The van der Waals surface area contributed by atoms with Crippen LogP contribution < -0.4 is 10.7 Å². The minimum atomic E-state index is -0.649. The van der Waals surface area contributed by atoms with Gasteiger partial charge >= 0.3 is 5.76 Å². The summed E-state index contributed by atoms with van der Waals surface area (Å²) in [6, 6.07) is 14.7. The number of anilines is 1. The Morgan fingerprint density at radius 2 is 1.79 bits per heavy atom. The lowest BCUT2D eigenvalue weighted by atomic mass is 10.1. The molecule has 1 amide bonds. The zero-order valence-electron chi connectivity index (χ0n) is 16.7. The molecule has 1 saturated heterocycles. The highest BCUT2D eigenvalue weighted by atomic mass is 16.5. The monoisotopic (exact) mass is 395 g/mol. The van der Waals surface area contributed by atoms with Gasteiger partial charge in [0.2, 0.25) is 5.91 Å². The highest BCUT2D eigenvalue weighted by molar-refractivity contribution is 5.82. The Hall–Kier alpha value is -3.06. The number of ether oxygens (including phenoxy) is 1. The zero-order chi connectivity index (χ0) is 20.4. The van der Waals surface area contributed by atoms with Crippen LogP contribution in [0.15, 0.2) is 57.7 Å². The molecule has 1 atom stereocenters. The van der Waals surface area contributed by atoms with Crippen LogP contribution in [-0.4, -0.2) is 48.7 Å². The van der Waals surface area contributed by atoms with Gasteiger partial charge in [-0.3, -0.25) is 9.36 Å². The second-order valence-corrected chi connectivity index (χ2v) is 7.34. The number of para-hydroxylation sites is 2. The van der Waals surface area contributed by atoms with Gasteiger partial charge in [0.15, 0.2) is 5.58 Å². The molecule has 1 unspecified atom stereocenters. The van der Waals surface area contributed by atoms with Crippen molar-refractivity contribution in [2.75, 3.05) is 38.3 Å². The van der Waals surface area contributed by atoms with Crippen LogP contribution in [0.4, 0.5) is 5.69 Å². The van der Waals surface area contributed by atoms with Crippen LogP contribution in [0, 0.1) is 0 Å². The number of amides is 1. The van der Waals surface area contributed by atoms with Gasteiger partial charge in [-0.2, -0.15) is 0 Å². The molecule has 1 aliphatic heterocycles. The highest BCUT2D eigenvalue weighted by Gasteiger charge is 2.24. The number of aromatic nitrogens is 1. The summed E-state index contributed by atoms with van der Waals surface area (Å²) >= 11 is 0. The largest absolute Gasteiger partial charge is 0.420 e. The number of morpholine rings is 1. The Kier molecular flexibility index (Phi) is 5.40. The van der Waals surface area contributed by atoms with Crippen LogP contribution in [0.25, 0.3) is 11.1 Å². The van der Waals surface area contributed by atoms with E-state index in [1.807, 2.05) is 18.2 Å². The van der Waals surface area contributed by atoms with Gasteiger partial charge in [0.25, 0.3) is 0 Å². The van der Waals surface area contributed by atoms with Crippen LogP contribution >= 0.6 is 0 Å². The summed E-state index contributed by atoms with van der Waals surface area (Å²) in [6.07, 6.45) is 0. The van der Waals surface area contributed by atoms with Crippen LogP contribution in [0.3, 0.4) is 0 Å². The molecule has 0 saturated carbocycles. The zero-order valence-corrected chi connectivity index (χ0v) is 16.7. The van der Waals surface area contributed by atoms with Gasteiger partial charge in [-0.05, 0) is 36.8 Å². The average Bonchev–Trinajstić information content (AvgIpc) is 3.09. The van der Waals surface area contributed by atoms with Crippen molar-refractivity contribution in [1.82, 2.24) is 9.47 Å². The number of likely N-dealkylation sites (N-methyl/N-ethyl adjacent to an activating group) is 1. The fourth-order valence-corrected chi connectivity index (χ4v) is 3.77. The van der Waals surface area contributed by atoms with Crippen molar-refractivity contribution in [3.05, 3.63) is 64.6 Å². The Labute approximate surface area is 169 Å². The summed E-state index contributed by atoms with van der Waals surface area (Å²) in [5, 5.41) is 0. The maximum Gasteiger partial charge on any atom is 0.420 e. The Bertz CT molecular complexity index is 1050. The summed E-state index contributed by atoms with van der Waals surface area (Å²) < 4.78 is 12.1. The predicted molar refractivity (Wildman–Crippen MR) is 111 cm³/mol. The van der Waals surface area contributed by atoms with Gasteiger partial charge in [-0.25, -0.2) is 4.79 Å². The molecule has 2 aromatic carbocycles. The lowest BCUT2D eigenvalue weighted by Crippen LogP contribution is -2.36. The number of oxazole rings is 1. The van der Waals surface area contributed by atoms with Gasteiger partial charge in [-0.15, -0.1) is 0 Å². The van der Waals surface area contributed by atoms with Crippen molar-refractivity contribution in [1.29, 1.82) is 0 Å². The first-order chi connectivity index (χ1) is 14.0. The van der Waals surface area contributed by atoms with Crippen molar-refractivity contribution < 1.29 is 13.9 Å².